The third kappa shape index (κ3) is 3.30. The smallest absolute Gasteiger partial charge is 0.0580 e. The first-order chi connectivity index (χ1) is 8.68. The molecule has 1 aromatic heterocycles. The van der Waals surface area contributed by atoms with Crippen LogP contribution in [0, 0.1) is 11.8 Å². The Labute approximate surface area is 110 Å². The Kier molecular flexibility index (Phi) is 4.72. The number of hydrogen-bond acceptors (Lipinski definition) is 3. The van der Waals surface area contributed by atoms with Crippen LogP contribution in [0.5, 0.6) is 0 Å². The highest BCUT2D eigenvalue weighted by Crippen LogP contribution is 2.27. The summed E-state index contributed by atoms with van der Waals surface area (Å²) in [5, 5.41) is 13.5. The first-order valence-corrected chi connectivity index (χ1v) is 7.00. The minimum atomic E-state index is -0.112. The fourth-order valence-electron chi connectivity index (χ4n) is 2.83. The van der Waals surface area contributed by atoms with Crippen LogP contribution in [0.4, 0.5) is 0 Å². The van der Waals surface area contributed by atoms with E-state index in [9.17, 15) is 5.11 Å². The maximum Gasteiger partial charge on any atom is 0.0580 e. The van der Waals surface area contributed by atoms with Crippen LogP contribution in [-0.2, 0) is 0 Å². The lowest BCUT2D eigenvalue weighted by molar-refractivity contribution is 0.128. The summed E-state index contributed by atoms with van der Waals surface area (Å²) >= 11 is 0. The number of aromatic nitrogens is 1. The first kappa shape index (κ1) is 13.5. The Morgan fingerprint density at radius 1 is 1.44 bits per heavy atom. The topological polar surface area (TPSA) is 45.1 Å². The van der Waals surface area contributed by atoms with Gasteiger partial charge in [-0.3, -0.25) is 4.98 Å². The number of hydrogen-bond donors (Lipinski definition) is 2. The van der Waals surface area contributed by atoms with E-state index in [0.29, 0.717) is 17.9 Å². The highest BCUT2D eigenvalue weighted by atomic mass is 16.3. The number of aliphatic hydroxyl groups is 1. The average molecular weight is 248 g/mol. The molecule has 2 rings (SSSR count). The van der Waals surface area contributed by atoms with Crippen LogP contribution in [-0.4, -0.2) is 22.7 Å². The summed E-state index contributed by atoms with van der Waals surface area (Å²) in [7, 11) is 0. The van der Waals surface area contributed by atoms with Crippen molar-refractivity contribution in [2.45, 2.75) is 45.3 Å². The van der Waals surface area contributed by atoms with E-state index in [-0.39, 0.29) is 6.10 Å². The van der Waals surface area contributed by atoms with E-state index in [4.69, 9.17) is 0 Å². The van der Waals surface area contributed by atoms with Crippen LogP contribution in [0.3, 0.4) is 0 Å². The quantitative estimate of drug-likeness (QED) is 0.841. The second kappa shape index (κ2) is 6.30. The van der Waals surface area contributed by atoms with Gasteiger partial charge in [0.25, 0.3) is 0 Å². The number of aliphatic hydroxyl groups excluding tert-OH is 1. The molecule has 100 valence electrons. The van der Waals surface area contributed by atoms with Crippen LogP contribution in [0.25, 0.3) is 0 Å². The molecule has 3 heteroatoms. The van der Waals surface area contributed by atoms with Crippen LogP contribution in [0.2, 0.25) is 0 Å². The Balaban J connectivity index is 1.95. The molecule has 0 amide bonds. The van der Waals surface area contributed by atoms with Gasteiger partial charge in [0.2, 0.25) is 0 Å². The minimum absolute atomic E-state index is 0.112. The van der Waals surface area contributed by atoms with Gasteiger partial charge >= 0.3 is 0 Å². The molecule has 1 aromatic rings. The standard InChI is InChI=1S/C15H24N2O/c1-11(2)15(13-6-4-8-16-9-13)17-10-12-5-3-7-14(12)18/h4,6,8-9,11-12,14-15,17-18H,3,5,7,10H2,1-2H3. The van der Waals surface area contributed by atoms with Gasteiger partial charge in [0.05, 0.1) is 6.10 Å². The van der Waals surface area contributed by atoms with Crippen molar-refractivity contribution in [2.75, 3.05) is 6.54 Å². The molecular weight excluding hydrogens is 224 g/mol. The minimum Gasteiger partial charge on any atom is -0.393 e. The van der Waals surface area contributed by atoms with E-state index < -0.39 is 0 Å². The van der Waals surface area contributed by atoms with E-state index in [1.807, 2.05) is 18.5 Å². The maximum absolute atomic E-state index is 9.86. The van der Waals surface area contributed by atoms with Crippen molar-refractivity contribution >= 4 is 0 Å². The molecule has 0 saturated heterocycles. The summed E-state index contributed by atoms with van der Waals surface area (Å²) in [5.74, 6) is 0.940. The molecule has 3 nitrogen and oxygen atoms in total. The normalized spacial score (nSPS) is 25.6. The van der Waals surface area contributed by atoms with Gasteiger partial charge in [0.15, 0.2) is 0 Å². The van der Waals surface area contributed by atoms with Crippen LogP contribution >= 0.6 is 0 Å². The summed E-state index contributed by atoms with van der Waals surface area (Å²) in [6, 6.07) is 4.43. The van der Waals surface area contributed by atoms with Crippen LogP contribution < -0.4 is 5.32 Å². The van der Waals surface area contributed by atoms with Gasteiger partial charge in [0, 0.05) is 25.0 Å². The third-order valence-corrected chi connectivity index (χ3v) is 3.93. The maximum atomic E-state index is 9.86. The molecule has 0 aromatic carbocycles. The Morgan fingerprint density at radius 2 is 2.28 bits per heavy atom. The third-order valence-electron chi connectivity index (χ3n) is 3.93. The van der Waals surface area contributed by atoms with Gasteiger partial charge in [-0.05, 0) is 36.3 Å². The zero-order chi connectivity index (χ0) is 13.0. The molecule has 1 fully saturated rings. The fourth-order valence-corrected chi connectivity index (χ4v) is 2.83. The van der Waals surface area contributed by atoms with Crippen molar-refractivity contribution in [3.8, 4) is 0 Å². The molecule has 2 N–H and O–H groups in total. The predicted molar refractivity (Wildman–Crippen MR) is 73.2 cm³/mol. The summed E-state index contributed by atoms with van der Waals surface area (Å²) in [4.78, 5) is 4.19. The predicted octanol–water partition coefficient (Wildman–Crippen LogP) is 2.53. The largest absolute Gasteiger partial charge is 0.393 e. The van der Waals surface area contributed by atoms with Crippen molar-refractivity contribution in [1.29, 1.82) is 0 Å². The van der Waals surface area contributed by atoms with Gasteiger partial charge in [0.1, 0.15) is 0 Å². The van der Waals surface area contributed by atoms with E-state index in [2.05, 4.69) is 30.2 Å². The molecule has 0 bridgehead atoms. The van der Waals surface area contributed by atoms with Gasteiger partial charge in [-0.1, -0.05) is 26.3 Å². The summed E-state index contributed by atoms with van der Waals surface area (Å²) < 4.78 is 0. The number of nitrogens with one attached hydrogen (secondary N) is 1. The molecule has 1 aliphatic rings. The van der Waals surface area contributed by atoms with Gasteiger partial charge in [-0.2, -0.15) is 0 Å². The van der Waals surface area contributed by atoms with Crippen LogP contribution in [0.15, 0.2) is 24.5 Å². The average Bonchev–Trinajstić information content (AvgIpc) is 2.76. The molecule has 0 radical (unpaired) electrons. The Hall–Kier alpha value is -0.930. The lowest BCUT2D eigenvalue weighted by atomic mass is 9.96. The monoisotopic (exact) mass is 248 g/mol. The van der Waals surface area contributed by atoms with E-state index in [1.165, 1.54) is 5.56 Å². The molecule has 1 saturated carbocycles. The van der Waals surface area contributed by atoms with Crippen molar-refractivity contribution in [3.63, 3.8) is 0 Å². The lowest BCUT2D eigenvalue weighted by Gasteiger charge is -2.25. The van der Waals surface area contributed by atoms with Gasteiger partial charge < -0.3 is 10.4 Å². The highest BCUT2D eigenvalue weighted by Gasteiger charge is 2.26. The lowest BCUT2D eigenvalue weighted by Crippen LogP contribution is -2.33. The van der Waals surface area contributed by atoms with Crippen molar-refractivity contribution in [2.24, 2.45) is 11.8 Å². The van der Waals surface area contributed by atoms with Crippen molar-refractivity contribution < 1.29 is 5.11 Å². The molecule has 1 aliphatic carbocycles. The van der Waals surface area contributed by atoms with Gasteiger partial charge in [-0.15, -0.1) is 0 Å². The summed E-state index contributed by atoms with van der Waals surface area (Å²) in [6.45, 7) is 5.34. The zero-order valence-electron chi connectivity index (χ0n) is 11.3. The number of pyridine rings is 1. The highest BCUT2D eigenvalue weighted by molar-refractivity contribution is 5.14. The zero-order valence-corrected chi connectivity index (χ0v) is 11.3. The second-order valence-electron chi connectivity index (χ2n) is 5.67. The first-order valence-electron chi connectivity index (χ1n) is 7.00. The van der Waals surface area contributed by atoms with Crippen molar-refractivity contribution in [1.82, 2.24) is 10.3 Å². The molecule has 0 spiro atoms. The van der Waals surface area contributed by atoms with Crippen LogP contribution in [0.1, 0.15) is 44.7 Å². The molecular formula is C15H24N2O. The number of nitrogens with zero attached hydrogens (tertiary/aromatic N) is 1. The molecule has 3 unspecified atom stereocenters. The number of rotatable bonds is 5. The van der Waals surface area contributed by atoms with E-state index >= 15 is 0 Å². The van der Waals surface area contributed by atoms with Crippen molar-refractivity contribution in [3.05, 3.63) is 30.1 Å². The molecule has 0 aliphatic heterocycles. The molecule has 18 heavy (non-hydrogen) atoms. The SMILES string of the molecule is CC(C)C(NCC1CCCC1O)c1cccnc1. The van der Waals surface area contributed by atoms with E-state index in [1.54, 1.807) is 0 Å². The Bertz CT molecular complexity index is 353. The summed E-state index contributed by atoms with van der Waals surface area (Å²) in [5.41, 5.74) is 1.24. The molecule has 3 atom stereocenters. The fraction of sp³-hybridized carbons (Fsp3) is 0.667. The molecule has 1 heterocycles. The second-order valence-corrected chi connectivity index (χ2v) is 5.67. The summed E-state index contributed by atoms with van der Waals surface area (Å²) in [6.07, 6.45) is 6.90. The Morgan fingerprint density at radius 3 is 2.83 bits per heavy atom. The van der Waals surface area contributed by atoms with E-state index in [0.717, 1.165) is 25.8 Å². The van der Waals surface area contributed by atoms with Gasteiger partial charge in [-0.25, -0.2) is 0 Å².